The summed E-state index contributed by atoms with van der Waals surface area (Å²) in [4.78, 5) is 0. The average Bonchev–Trinajstić information content (AvgIpc) is 2.39. The summed E-state index contributed by atoms with van der Waals surface area (Å²) in [6, 6.07) is 5.99. The van der Waals surface area contributed by atoms with E-state index >= 15 is 0 Å². The van der Waals surface area contributed by atoms with Gasteiger partial charge in [-0.25, -0.2) is 0 Å². The van der Waals surface area contributed by atoms with Gasteiger partial charge in [-0.2, -0.15) is 0 Å². The monoisotopic (exact) mass is 317 g/mol. The number of methoxy groups -OCH3 is 1. The van der Waals surface area contributed by atoms with E-state index in [0.29, 0.717) is 11.1 Å². The van der Waals surface area contributed by atoms with Crippen LogP contribution in [0.25, 0.3) is 0 Å². The van der Waals surface area contributed by atoms with Crippen molar-refractivity contribution >= 4 is 23.2 Å². The normalized spacial score (nSPS) is 25.5. The highest BCUT2D eigenvalue weighted by Crippen LogP contribution is 2.27. The maximum atomic E-state index is 6.16. The lowest BCUT2D eigenvalue weighted by atomic mass is 9.85. The van der Waals surface area contributed by atoms with E-state index in [-0.39, 0.29) is 12.2 Å². The largest absolute Gasteiger partial charge is 0.377 e. The van der Waals surface area contributed by atoms with Crippen molar-refractivity contribution in [3.05, 3.63) is 33.8 Å². The zero-order valence-corrected chi connectivity index (χ0v) is 13.4. The van der Waals surface area contributed by atoms with Gasteiger partial charge in [0.1, 0.15) is 0 Å². The second-order valence-corrected chi connectivity index (χ2v) is 5.82. The van der Waals surface area contributed by atoms with Crippen LogP contribution in [0, 0.1) is 0 Å². The molecule has 3 unspecified atom stereocenters. The van der Waals surface area contributed by atoms with Crippen molar-refractivity contribution in [2.45, 2.75) is 38.0 Å². The molecule has 1 aromatic rings. The lowest BCUT2D eigenvalue weighted by Gasteiger charge is -2.43. The number of nitrogens with one attached hydrogen (secondary N) is 1. The van der Waals surface area contributed by atoms with Crippen LogP contribution in [-0.2, 0) is 15.9 Å². The van der Waals surface area contributed by atoms with E-state index in [4.69, 9.17) is 32.7 Å². The Hall–Kier alpha value is -0.320. The number of benzene rings is 1. The van der Waals surface area contributed by atoms with Crippen molar-refractivity contribution in [2.24, 2.45) is 0 Å². The third-order valence-electron chi connectivity index (χ3n) is 3.72. The Morgan fingerprint density at radius 2 is 2.15 bits per heavy atom. The van der Waals surface area contributed by atoms with Gasteiger partial charge in [-0.3, -0.25) is 0 Å². The Morgan fingerprint density at radius 3 is 2.80 bits per heavy atom. The minimum Gasteiger partial charge on any atom is -0.377 e. The van der Waals surface area contributed by atoms with Crippen LogP contribution >= 0.6 is 23.2 Å². The zero-order chi connectivity index (χ0) is 14.5. The van der Waals surface area contributed by atoms with Crippen LogP contribution in [0.1, 0.15) is 18.9 Å². The fourth-order valence-electron chi connectivity index (χ4n) is 2.59. The first kappa shape index (κ1) is 16.1. The number of ether oxygens (including phenoxy) is 2. The van der Waals surface area contributed by atoms with E-state index < -0.39 is 0 Å². The summed E-state index contributed by atoms with van der Waals surface area (Å²) in [6.45, 7) is 3.61. The number of hydrogen-bond acceptors (Lipinski definition) is 3. The van der Waals surface area contributed by atoms with Crippen LogP contribution in [0.15, 0.2) is 18.2 Å². The molecule has 0 radical (unpaired) electrons. The Morgan fingerprint density at radius 1 is 1.35 bits per heavy atom. The average molecular weight is 318 g/mol. The Labute approximate surface area is 130 Å². The number of rotatable bonds is 7. The summed E-state index contributed by atoms with van der Waals surface area (Å²) in [5.41, 5.74) is 1.11. The number of halogens is 2. The molecule has 20 heavy (non-hydrogen) atoms. The molecule has 0 bridgehead atoms. The van der Waals surface area contributed by atoms with E-state index in [2.05, 4.69) is 5.32 Å². The molecule has 0 amide bonds. The summed E-state index contributed by atoms with van der Waals surface area (Å²) >= 11 is 12.0. The smallest absolute Gasteiger partial charge is 0.0986 e. The van der Waals surface area contributed by atoms with Crippen molar-refractivity contribution in [1.29, 1.82) is 0 Å². The van der Waals surface area contributed by atoms with E-state index in [9.17, 15) is 0 Å². The van der Waals surface area contributed by atoms with Gasteiger partial charge in [-0.05, 0) is 44.0 Å². The third-order valence-corrected chi connectivity index (χ3v) is 4.31. The predicted molar refractivity (Wildman–Crippen MR) is 82.8 cm³/mol. The van der Waals surface area contributed by atoms with Crippen LogP contribution in [0.2, 0.25) is 10.0 Å². The maximum Gasteiger partial charge on any atom is 0.0986 e. The van der Waals surface area contributed by atoms with Crippen LogP contribution in [0.4, 0.5) is 0 Å². The molecule has 1 saturated carbocycles. The van der Waals surface area contributed by atoms with Crippen LogP contribution in [0.5, 0.6) is 0 Å². The Balaban J connectivity index is 1.76. The van der Waals surface area contributed by atoms with E-state index in [1.165, 1.54) is 0 Å². The van der Waals surface area contributed by atoms with Gasteiger partial charge in [0.05, 0.1) is 12.2 Å². The second-order valence-electron chi connectivity index (χ2n) is 4.98. The lowest BCUT2D eigenvalue weighted by Crippen LogP contribution is -2.60. The maximum absolute atomic E-state index is 6.16. The van der Waals surface area contributed by atoms with Gasteiger partial charge in [0.2, 0.25) is 0 Å². The molecule has 0 heterocycles. The fraction of sp³-hybridized carbons (Fsp3) is 0.600. The molecular formula is C15H21Cl2NO2. The van der Waals surface area contributed by atoms with Crippen molar-refractivity contribution in [1.82, 2.24) is 5.32 Å². The van der Waals surface area contributed by atoms with Gasteiger partial charge in [-0.1, -0.05) is 29.3 Å². The molecule has 3 atom stereocenters. The van der Waals surface area contributed by atoms with E-state index in [1.807, 2.05) is 19.1 Å². The lowest BCUT2D eigenvalue weighted by molar-refractivity contribution is -0.131. The SMILES string of the molecule is CCOC1CC(NCCc2ccc(Cl)cc2Cl)C1OC. The molecule has 1 fully saturated rings. The third kappa shape index (κ3) is 3.86. The van der Waals surface area contributed by atoms with Crippen molar-refractivity contribution in [2.75, 3.05) is 20.3 Å². The highest BCUT2D eigenvalue weighted by Gasteiger charge is 2.41. The van der Waals surface area contributed by atoms with Crippen molar-refractivity contribution < 1.29 is 9.47 Å². The summed E-state index contributed by atoms with van der Waals surface area (Å²) in [6.07, 6.45) is 2.25. The molecule has 0 aliphatic heterocycles. The molecule has 1 aliphatic carbocycles. The van der Waals surface area contributed by atoms with E-state index in [1.54, 1.807) is 13.2 Å². The van der Waals surface area contributed by atoms with Crippen LogP contribution < -0.4 is 5.32 Å². The first-order valence-corrected chi connectivity index (χ1v) is 7.73. The molecule has 0 spiro atoms. The standard InChI is InChI=1S/C15H21Cl2NO2/c1-3-20-14-9-13(15(14)19-2)18-7-6-10-4-5-11(16)8-12(10)17/h4-5,8,13-15,18H,3,6-7,9H2,1-2H3. The first-order valence-electron chi connectivity index (χ1n) is 6.97. The summed E-state index contributed by atoms with van der Waals surface area (Å²) in [5, 5.41) is 4.90. The predicted octanol–water partition coefficient (Wildman–Crippen LogP) is 3.32. The van der Waals surface area contributed by atoms with Gasteiger partial charge in [0.15, 0.2) is 0 Å². The minimum absolute atomic E-state index is 0.149. The Kier molecular flexibility index (Phi) is 6.12. The second kappa shape index (κ2) is 7.62. The molecule has 112 valence electrons. The Bertz CT molecular complexity index is 442. The molecule has 5 heteroatoms. The van der Waals surface area contributed by atoms with Gasteiger partial charge < -0.3 is 14.8 Å². The molecule has 2 rings (SSSR count). The van der Waals surface area contributed by atoms with Crippen LogP contribution in [-0.4, -0.2) is 38.5 Å². The topological polar surface area (TPSA) is 30.5 Å². The molecule has 1 aliphatic rings. The zero-order valence-electron chi connectivity index (χ0n) is 11.9. The van der Waals surface area contributed by atoms with Crippen molar-refractivity contribution in [3.8, 4) is 0 Å². The summed E-state index contributed by atoms with van der Waals surface area (Å²) in [7, 11) is 1.74. The summed E-state index contributed by atoms with van der Waals surface area (Å²) < 4.78 is 11.1. The first-order chi connectivity index (χ1) is 9.65. The molecule has 0 aromatic heterocycles. The highest BCUT2D eigenvalue weighted by molar-refractivity contribution is 6.35. The quantitative estimate of drug-likeness (QED) is 0.836. The van der Waals surface area contributed by atoms with Gasteiger partial charge >= 0.3 is 0 Å². The highest BCUT2D eigenvalue weighted by atomic mass is 35.5. The molecule has 1 aromatic carbocycles. The van der Waals surface area contributed by atoms with Gasteiger partial charge in [0, 0.05) is 29.8 Å². The van der Waals surface area contributed by atoms with Crippen molar-refractivity contribution in [3.63, 3.8) is 0 Å². The number of hydrogen-bond donors (Lipinski definition) is 1. The van der Waals surface area contributed by atoms with Gasteiger partial charge in [0.25, 0.3) is 0 Å². The van der Waals surface area contributed by atoms with Gasteiger partial charge in [-0.15, -0.1) is 0 Å². The molecule has 0 saturated heterocycles. The van der Waals surface area contributed by atoms with Crippen LogP contribution in [0.3, 0.4) is 0 Å². The molecular weight excluding hydrogens is 297 g/mol. The molecule has 1 N–H and O–H groups in total. The van der Waals surface area contributed by atoms with E-state index in [0.717, 1.165) is 36.6 Å². The summed E-state index contributed by atoms with van der Waals surface area (Å²) in [5.74, 6) is 0. The fourth-order valence-corrected chi connectivity index (χ4v) is 3.09. The minimum atomic E-state index is 0.149. The molecule has 3 nitrogen and oxygen atoms in total.